The summed E-state index contributed by atoms with van der Waals surface area (Å²) in [5.74, 6) is 4.16. The Morgan fingerprint density at radius 3 is 3.08 bits per heavy atom. The van der Waals surface area contributed by atoms with Crippen LogP contribution in [0.5, 0.6) is 0 Å². The molecular weight excluding hydrogens is 190 g/mol. The smallest absolute Gasteiger partial charge is 0.384 e. The van der Waals surface area contributed by atoms with Gasteiger partial charge in [-0.2, -0.15) is 0 Å². The van der Waals surface area contributed by atoms with Gasteiger partial charge in [-0.05, 0) is 18.1 Å². The lowest BCUT2D eigenvalue weighted by atomic mass is 10.3. The number of halogens is 1. The minimum Gasteiger partial charge on any atom is -0.459 e. The van der Waals surface area contributed by atoms with Gasteiger partial charge in [0.1, 0.15) is 5.69 Å². The number of ether oxygens (including phenoxy) is 1. The molecule has 3 nitrogen and oxygen atoms in total. The molecular formula is C9H6ClNO2. The van der Waals surface area contributed by atoms with E-state index in [0.717, 1.165) is 0 Å². The third-order valence-electron chi connectivity index (χ3n) is 1.20. The van der Waals surface area contributed by atoms with E-state index in [0.29, 0.717) is 10.7 Å². The quantitative estimate of drug-likeness (QED) is 0.462. The number of esters is 1. The molecule has 0 N–H and O–H groups in total. The number of pyridine rings is 1. The van der Waals surface area contributed by atoms with E-state index in [1.54, 1.807) is 12.1 Å². The van der Waals surface area contributed by atoms with Gasteiger partial charge in [0.15, 0.2) is 0 Å². The van der Waals surface area contributed by atoms with Gasteiger partial charge in [0.25, 0.3) is 0 Å². The van der Waals surface area contributed by atoms with Crippen molar-refractivity contribution in [3.63, 3.8) is 0 Å². The van der Waals surface area contributed by atoms with Gasteiger partial charge < -0.3 is 4.74 Å². The first-order valence-corrected chi connectivity index (χ1v) is 3.81. The van der Waals surface area contributed by atoms with Gasteiger partial charge in [0, 0.05) is 17.1 Å². The summed E-state index contributed by atoms with van der Waals surface area (Å²) in [7, 11) is 1.27. The molecule has 13 heavy (non-hydrogen) atoms. The van der Waals surface area contributed by atoms with Crippen LogP contribution in [0.1, 0.15) is 5.69 Å². The second kappa shape index (κ2) is 4.48. The van der Waals surface area contributed by atoms with E-state index in [-0.39, 0.29) is 0 Å². The Hall–Kier alpha value is -1.53. The van der Waals surface area contributed by atoms with E-state index in [9.17, 15) is 4.79 Å². The van der Waals surface area contributed by atoms with Crippen LogP contribution in [-0.2, 0) is 9.53 Å². The molecule has 0 saturated heterocycles. The van der Waals surface area contributed by atoms with Crippen LogP contribution in [0.3, 0.4) is 0 Å². The molecule has 0 atom stereocenters. The molecule has 4 heteroatoms. The van der Waals surface area contributed by atoms with Crippen molar-refractivity contribution in [2.75, 3.05) is 7.11 Å². The van der Waals surface area contributed by atoms with Crippen LogP contribution < -0.4 is 0 Å². The molecule has 0 fully saturated rings. The van der Waals surface area contributed by atoms with E-state index in [1.165, 1.54) is 13.3 Å². The van der Waals surface area contributed by atoms with Crippen molar-refractivity contribution in [1.82, 2.24) is 4.98 Å². The zero-order chi connectivity index (χ0) is 9.68. The van der Waals surface area contributed by atoms with Crippen LogP contribution in [-0.4, -0.2) is 18.1 Å². The standard InChI is InChI=1S/C9H6ClNO2/c1-13-9(12)3-2-8-6-7(10)4-5-11-8/h4-6H,1H3. The average molecular weight is 196 g/mol. The molecule has 0 saturated carbocycles. The first-order chi connectivity index (χ1) is 6.22. The number of hydrogen-bond acceptors (Lipinski definition) is 3. The summed E-state index contributed by atoms with van der Waals surface area (Å²) in [4.78, 5) is 14.5. The zero-order valence-electron chi connectivity index (χ0n) is 6.87. The summed E-state index contributed by atoms with van der Waals surface area (Å²) < 4.78 is 4.33. The van der Waals surface area contributed by atoms with Crippen LogP contribution in [0, 0.1) is 11.8 Å². The van der Waals surface area contributed by atoms with Crippen molar-refractivity contribution in [3.8, 4) is 11.8 Å². The highest BCUT2D eigenvalue weighted by Gasteiger charge is 1.92. The maximum absolute atomic E-state index is 10.6. The van der Waals surface area contributed by atoms with Crippen LogP contribution in [0.2, 0.25) is 5.02 Å². The molecule has 1 aromatic heterocycles. The molecule has 1 rings (SSSR count). The van der Waals surface area contributed by atoms with Crippen LogP contribution in [0.25, 0.3) is 0 Å². The molecule has 0 amide bonds. The maximum Gasteiger partial charge on any atom is 0.384 e. The zero-order valence-corrected chi connectivity index (χ0v) is 7.63. The summed E-state index contributed by atoms with van der Waals surface area (Å²) in [6.07, 6.45) is 1.52. The fourth-order valence-corrected chi connectivity index (χ4v) is 0.799. The van der Waals surface area contributed by atoms with E-state index in [1.807, 2.05) is 0 Å². The van der Waals surface area contributed by atoms with Gasteiger partial charge in [-0.25, -0.2) is 9.78 Å². The van der Waals surface area contributed by atoms with Crippen LogP contribution in [0.15, 0.2) is 18.3 Å². The van der Waals surface area contributed by atoms with Gasteiger partial charge in [-0.1, -0.05) is 11.6 Å². The summed E-state index contributed by atoms with van der Waals surface area (Å²) in [6.45, 7) is 0. The van der Waals surface area contributed by atoms with Crippen molar-refractivity contribution in [1.29, 1.82) is 0 Å². The minimum absolute atomic E-state index is 0.443. The number of aromatic nitrogens is 1. The Kier molecular flexibility index (Phi) is 3.30. The maximum atomic E-state index is 10.6. The monoisotopic (exact) mass is 195 g/mol. The number of carbonyl (C=O) groups excluding carboxylic acids is 1. The molecule has 0 bridgehead atoms. The summed E-state index contributed by atoms with van der Waals surface area (Å²) in [5, 5.41) is 0.532. The Balaban J connectivity index is 2.83. The molecule has 0 aromatic carbocycles. The Morgan fingerprint density at radius 1 is 1.69 bits per heavy atom. The largest absolute Gasteiger partial charge is 0.459 e. The molecule has 0 spiro atoms. The molecule has 0 aliphatic carbocycles. The summed E-state index contributed by atoms with van der Waals surface area (Å²) in [5.41, 5.74) is 0.443. The summed E-state index contributed by atoms with van der Waals surface area (Å²) >= 11 is 5.67. The Bertz CT molecular complexity index is 379. The average Bonchev–Trinajstić information content (AvgIpc) is 2.14. The van der Waals surface area contributed by atoms with Crippen molar-refractivity contribution >= 4 is 17.6 Å². The molecule has 1 aromatic rings. The van der Waals surface area contributed by atoms with Crippen molar-refractivity contribution < 1.29 is 9.53 Å². The number of carbonyl (C=O) groups is 1. The third kappa shape index (κ3) is 3.14. The molecule has 0 unspecified atom stereocenters. The van der Waals surface area contributed by atoms with Gasteiger partial charge in [-0.3, -0.25) is 0 Å². The van der Waals surface area contributed by atoms with Gasteiger partial charge in [0.2, 0.25) is 0 Å². The summed E-state index contributed by atoms with van der Waals surface area (Å²) in [6, 6.07) is 3.20. The SMILES string of the molecule is COC(=O)C#Cc1cc(Cl)ccn1. The number of rotatable bonds is 0. The van der Waals surface area contributed by atoms with Crippen LogP contribution in [0.4, 0.5) is 0 Å². The Morgan fingerprint density at radius 2 is 2.46 bits per heavy atom. The van der Waals surface area contributed by atoms with Crippen LogP contribution >= 0.6 is 11.6 Å². The van der Waals surface area contributed by atoms with E-state index < -0.39 is 5.97 Å². The highest BCUT2D eigenvalue weighted by Crippen LogP contribution is 2.06. The molecule has 1 heterocycles. The van der Waals surface area contributed by atoms with Gasteiger partial charge in [0.05, 0.1) is 7.11 Å². The highest BCUT2D eigenvalue weighted by molar-refractivity contribution is 6.30. The highest BCUT2D eigenvalue weighted by atomic mass is 35.5. The normalized spacial score (nSPS) is 8.46. The van der Waals surface area contributed by atoms with Gasteiger partial charge >= 0.3 is 5.97 Å². The third-order valence-corrected chi connectivity index (χ3v) is 1.44. The number of methoxy groups -OCH3 is 1. The predicted molar refractivity (Wildman–Crippen MR) is 48.1 cm³/mol. The fourth-order valence-electron chi connectivity index (χ4n) is 0.639. The fraction of sp³-hybridized carbons (Fsp3) is 0.111. The van der Waals surface area contributed by atoms with Crippen molar-refractivity contribution in [2.45, 2.75) is 0 Å². The second-order valence-corrected chi connectivity index (χ2v) is 2.54. The van der Waals surface area contributed by atoms with E-state index >= 15 is 0 Å². The van der Waals surface area contributed by atoms with Crippen molar-refractivity contribution in [3.05, 3.63) is 29.0 Å². The minimum atomic E-state index is -0.596. The number of hydrogen-bond donors (Lipinski definition) is 0. The van der Waals surface area contributed by atoms with E-state index in [2.05, 4.69) is 21.6 Å². The first-order valence-electron chi connectivity index (χ1n) is 3.44. The molecule has 0 aliphatic rings. The lowest BCUT2D eigenvalue weighted by Crippen LogP contribution is -1.94. The second-order valence-electron chi connectivity index (χ2n) is 2.10. The predicted octanol–water partition coefficient (Wildman–Crippen LogP) is 1.26. The number of nitrogens with zero attached hydrogens (tertiary/aromatic N) is 1. The molecule has 0 radical (unpaired) electrons. The Labute approximate surface area is 80.7 Å². The molecule has 66 valence electrons. The topological polar surface area (TPSA) is 39.2 Å². The lowest BCUT2D eigenvalue weighted by molar-refractivity contribution is -0.133. The van der Waals surface area contributed by atoms with Gasteiger partial charge in [-0.15, -0.1) is 0 Å². The first kappa shape index (κ1) is 9.56. The van der Waals surface area contributed by atoms with Crippen molar-refractivity contribution in [2.24, 2.45) is 0 Å². The lowest BCUT2D eigenvalue weighted by Gasteiger charge is -1.89. The van der Waals surface area contributed by atoms with E-state index in [4.69, 9.17) is 11.6 Å². The molecule has 0 aliphatic heterocycles.